The second-order valence-corrected chi connectivity index (χ2v) is 4.68. The SMILES string of the molecule is CN1c2ccccc2SCC1CCN. The Morgan fingerprint density at radius 2 is 2.29 bits per heavy atom. The Morgan fingerprint density at radius 3 is 3.07 bits per heavy atom. The Labute approximate surface area is 89.5 Å². The summed E-state index contributed by atoms with van der Waals surface area (Å²) in [6, 6.07) is 9.17. The molecule has 1 unspecified atom stereocenters. The minimum absolute atomic E-state index is 0.597. The van der Waals surface area contributed by atoms with Crippen molar-refractivity contribution in [3.8, 4) is 0 Å². The van der Waals surface area contributed by atoms with Crippen LogP contribution in [0.15, 0.2) is 29.2 Å². The van der Waals surface area contributed by atoms with Gasteiger partial charge in [-0.05, 0) is 25.1 Å². The zero-order valence-corrected chi connectivity index (χ0v) is 9.26. The molecule has 2 nitrogen and oxygen atoms in total. The predicted molar refractivity (Wildman–Crippen MR) is 63.0 cm³/mol. The highest BCUT2D eigenvalue weighted by atomic mass is 32.2. The molecule has 0 amide bonds. The van der Waals surface area contributed by atoms with E-state index in [-0.39, 0.29) is 0 Å². The molecule has 2 rings (SSSR count). The summed E-state index contributed by atoms with van der Waals surface area (Å²) in [4.78, 5) is 3.75. The maximum absolute atomic E-state index is 5.61. The molecule has 0 saturated carbocycles. The van der Waals surface area contributed by atoms with E-state index < -0.39 is 0 Å². The first-order chi connectivity index (χ1) is 6.83. The van der Waals surface area contributed by atoms with Crippen molar-refractivity contribution in [2.24, 2.45) is 5.73 Å². The van der Waals surface area contributed by atoms with E-state index in [1.54, 1.807) is 0 Å². The number of fused-ring (bicyclic) bond motifs is 1. The molecule has 0 aromatic heterocycles. The third-order valence-electron chi connectivity index (χ3n) is 2.72. The minimum atomic E-state index is 0.597. The van der Waals surface area contributed by atoms with Gasteiger partial charge in [-0.1, -0.05) is 12.1 Å². The van der Waals surface area contributed by atoms with Crippen LogP contribution < -0.4 is 10.6 Å². The van der Waals surface area contributed by atoms with Gasteiger partial charge in [-0.2, -0.15) is 0 Å². The second kappa shape index (κ2) is 4.24. The number of hydrogen-bond donors (Lipinski definition) is 1. The quantitative estimate of drug-likeness (QED) is 0.805. The maximum atomic E-state index is 5.61. The number of anilines is 1. The standard InChI is InChI=1S/C11H16N2S/c1-13-9(6-7-12)8-14-11-5-3-2-4-10(11)13/h2-5,9H,6-8,12H2,1H3. The lowest BCUT2D eigenvalue weighted by molar-refractivity contribution is 0.633. The summed E-state index contributed by atoms with van der Waals surface area (Å²) in [5.41, 5.74) is 6.95. The van der Waals surface area contributed by atoms with Crippen molar-refractivity contribution in [1.29, 1.82) is 0 Å². The lowest BCUT2D eigenvalue weighted by atomic mass is 10.2. The molecule has 1 heterocycles. The average molecular weight is 208 g/mol. The fraction of sp³-hybridized carbons (Fsp3) is 0.455. The van der Waals surface area contributed by atoms with E-state index in [2.05, 4.69) is 36.2 Å². The molecule has 1 aliphatic rings. The van der Waals surface area contributed by atoms with E-state index in [0.717, 1.165) is 18.7 Å². The minimum Gasteiger partial charge on any atom is -0.370 e. The van der Waals surface area contributed by atoms with Gasteiger partial charge in [0.15, 0.2) is 0 Å². The van der Waals surface area contributed by atoms with E-state index in [9.17, 15) is 0 Å². The molecule has 0 saturated heterocycles. The Morgan fingerprint density at radius 1 is 1.50 bits per heavy atom. The van der Waals surface area contributed by atoms with E-state index in [0.29, 0.717) is 6.04 Å². The molecule has 1 aliphatic heterocycles. The number of benzene rings is 1. The molecule has 1 aromatic carbocycles. The van der Waals surface area contributed by atoms with Crippen LogP contribution in [0.25, 0.3) is 0 Å². The molecular weight excluding hydrogens is 192 g/mol. The molecule has 0 spiro atoms. The van der Waals surface area contributed by atoms with Gasteiger partial charge in [0, 0.05) is 23.7 Å². The highest BCUT2D eigenvalue weighted by molar-refractivity contribution is 7.99. The summed E-state index contributed by atoms with van der Waals surface area (Å²) in [7, 11) is 2.17. The first kappa shape index (κ1) is 9.87. The highest BCUT2D eigenvalue weighted by Crippen LogP contribution is 2.36. The van der Waals surface area contributed by atoms with Gasteiger partial charge in [0.1, 0.15) is 0 Å². The molecule has 76 valence electrons. The number of hydrogen-bond acceptors (Lipinski definition) is 3. The van der Waals surface area contributed by atoms with Crippen molar-refractivity contribution in [2.45, 2.75) is 17.4 Å². The van der Waals surface area contributed by atoms with Crippen molar-refractivity contribution in [1.82, 2.24) is 0 Å². The van der Waals surface area contributed by atoms with Gasteiger partial charge in [0.05, 0.1) is 5.69 Å². The Hall–Kier alpha value is -0.670. The lowest BCUT2D eigenvalue weighted by Crippen LogP contribution is -2.38. The molecule has 3 heteroatoms. The van der Waals surface area contributed by atoms with Crippen LogP contribution in [0, 0.1) is 0 Å². The number of nitrogens with two attached hydrogens (primary N) is 1. The van der Waals surface area contributed by atoms with Crippen molar-refractivity contribution in [3.05, 3.63) is 24.3 Å². The normalized spacial score (nSPS) is 20.7. The molecule has 14 heavy (non-hydrogen) atoms. The van der Waals surface area contributed by atoms with Crippen LogP contribution in [0.4, 0.5) is 5.69 Å². The zero-order chi connectivity index (χ0) is 9.97. The number of para-hydroxylation sites is 1. The summed E-state index contributed by atoms with van der Waals surface area (Å²) in [5.74, 6) is 1.16. The molecule has 0 bridgehead atoms. The molecule has 2 N–H and O–H groups in total. The second-order valence-electron chi connectivity index (χ2n) is 3.62. The van der Waals surface area contributed by atoms with Crippen LogP contribution in [0.5, 0.6) is 0 Å². The summed E-state index contributed by atoms with van der Waals surface area (Å²) < 4.78 is 0. The van der Waals surface area contributed by atoms with Crippen molar-refractivity contribution < 1.29 is 0 Å². The van der Waals surface area contributed by atoms with Crippen molar-refractivity contribution in [3.63, 3.8) is 0 Å². The van der Waals surface area contributed by atoms with Gasteiger partial charge in [-0.3, -0.25) is 0 Å². The zero-order valence-electron chi connectivity index (χ0n) is 8.44. The molecule has 1 atom stereocenters. The fourth-order valence-electron chi connectivity index (χ4n) is 1.83. The van der Waals surface area contributed by atoms with E-state index >= 15 is 0 Å². The first-order valence-electron chi connectivity index (χ1n) is 4.97. The number of thioether (sulfide) groups is 1. The van der Waals surface area contributed by atoms with E-state index in [4.69, 9.17) is 5.73 Å². The van der Waals surface area contributed by atoms with Crippen molar-refractivity contribution in [2.75, 3.05) is 24.2 Å². The number of nitrogens with zero attached hydrogens (tertiary/aromatic N) is 1. The Balaban J connectivity index is 2.22. The van der Waals surface area contributed by atoms with Gasteiger partial charge in [0.25, 0.3) is 0 Å². The molecule has 1 aromatic rings. The van der Waals surface area contributed by atoms with Crippen LogP contribution in [-0.4, -0.2) is 25.4 Å². The van der Waals surface area contributed by atoms with Crippen LogP contribution in [0.3, 0.4) is 0 Å². The summed E-state index contributed by atoms with van der Waals surface area (Å²) in [6.07, 6.45) is 1.08. The van der Waals surface area contributed by atoms with Crippen LogP contribution in [0.1, 0.15) is 6.42 Å². The molecule has 0 radical (unpaired) electrons. The fourth-order valence-corrected chi connectivity index (χ4v) is 3.13. The smallest absolute Gasteiger partial charge is 0.0504 e. The third kappa shape index (κ3) is 1.74. The van der Waals surface area contributed by atoms with Crippen LogP contribution in [-0.2, 0) is 0 Å². The lowest BCUT2D eigenvalue weighted by Gasteiger charge is -2.35. The largest absolute Gasteiger partial charge is 0.370 e. The Bertz CT molecular complexity index is 314. The summed E-state index contributed by atoms with van der Waals surface area (Å²) >= 11 is 1.94. The van der Waals surface area contributed by atoms with Crippen LogP contribution in [0.2, 0.25) is 0 Å². The van der Waals surface area contributed by atoms with E-state index in [1.165, 1.54) is 10.6 Å². The van der Waals surface area contributed by atoms with Gasteiger partial charge in [0.2, 0.25) is 0 Å². The summed E-state index contributed by atoms with van der Waals surface area (Å²) in [5, 5.41) is 0. The van der Waals surface area contributed by atoms with Gasteiger partial charge >= 0.3 is 0 Å². The van der Waals surface area contributed by atoms with Gasteiger partial charge < -0.3 is 10.6 Å². The number of rotatable bonds is 2. The molecule has 0 fully saturated rings. The monoisotopic (exact) mass is 208 g/mol. The highest BCUT2D eigenvalue weighted by Gasteiger charge is 2.22. The first-order valence-corrected chi connectivity index (χ1v) is 5.96. The average Bonchev–Trinajstić information content (AvgIpc) is 2.23. The molecule has 0 aliphatic carbocycles. The van der Waals surface area contributed by atoms with Crippen LogP contribution >= 0.6 is 11.8 Å². The summed E-state index contributed by atoms with van der Waals surface area (Å²) in [6.45, 7) is 0.776. The maximum Gasteiger partial charge on any atom is 0.0504 e. The van der Waals surface area contributed by atoms with E-state index in [1.807, 2.05) is 11.8 Å². The Kier molecular flexibility index (Phi) is 2.99. The molecular formula is C11H16N2S. The predicted octanol–water partition coefficient (Wildman–Crippen LogP) is 1.95. The van der Waals surface area contributed by atoms with Gasteiger partial charge in [-0.15, -0.1) is 11.8 Å². The topological polar surface area (TPSA) is 29.3 Å². The van der Waals surface area contributed by atoms with Gasteiger partial charge in [-0.25, -0.2) is 0 Å². The third-order valence-corrected chi connectivity index (χ3v) is 3.93. The van der Waals surface area contributed by atoms with Crippen molar-refractivity contribution >= 4 is 17.4 Å².